The molecule has 0 radical (unpaired) electrons. The van der Waals surface area contributed by atoms with Crippen molar-refractivity contribution in [2.45, 2.75) is 224 Å². The third-order valence-electron chi connectivity index (χ3n) is 16.1. The lowest BCUT2D eigenvalue weighted by molar-refractivity contribution is -0.145. The van der Waals surface area contributed by atoms with E-state index >= 15 is 0 Å². The molecule has 1 aromatic rings. The van der Waals surface area contributed by atoms with Gasteiger partial charge in [-0.3, -0.25) is 57.7 Å². The molecular formula is C70H119N11O20. The quantitative estimate of drug-likeness (QED) is 0.0253. The van der Waals surface area contributed by atoms with Crippen LogP contribution in [0.15, 0.2) is 29.3 Å². The molecule has 0 fully saturated rings. The first-order chi connectivity index (χ1) is 48.3. The summed E-state index contributed by atoms with van der Waals surface area (Å²) in [6.45, 7) is 4.73. The number of nitrogens with two attached hydrogens (primary N) is 3. The smallest absolute Gasteiger partial charge is 0.326 e. The number of carbonyl (C=O) groups excluding carboxylic acids is 9. The monoisotopic (exact) mass is 1430 g/mol. The van der Waals surface area contributed by atoms with Crippen molar-refractivity contribution < 1.29 is 96.9 Å². The van der Waals surface area contributed by atoms with Gasteiger partial charge in [-0.05, 0) is 81.4 Å². The summed E-state index contributed by atoms with van der Waals surface area (Å²) in [6, 6.07) is 2.45. The second-order valence-corrected chi connectivity index (χ2v) is 25.7. The highest BCUT2D eigenvalue weighted by Crippen LogP contribution is 2.19. The molecule has 0 saturated heterocycles. The number of Topliss-reactive ketones (excluding diaryl/α,β-unsaturated/α-hetero) is 3. The first-order valence-electron chi connectivity index (χ1n) is 35.9. The van der Waals surface area contributed by atoms with Gasteiger partial charge in [-0.2, -0.15) is 0 Å². The highest BCUT2D eigenvalue weighted by Gasteiger charge is 2.27. The van der Waals surface area contributed by atoms with Crippen LogP contribution in [-0.4, -0.2) is 213 Å². The van der Waals surface area contributed by atoms with Gasteiger partial charge in [-0.15, -0.1) is 0 Å². The van der Waals surface area contributed by atoms with Crippen molar-refractivity contribution in [1.29, 1.82) is 0 Å². The van der Waals surface area contributed by atoms with E-state index in [0.29, 0.717) is 57.1 Å². The van der Waals surface area contributed by atoms with Gasteiger partial charge in [0, 0.05) is 83.6 Å². The number of hydrogen-bond donors (Lipinski definition) is 14. The van der Waals surface area contributed by atoms with Gasteiger partial charge in [-0.25, -0.2) is 4.79 Å². The highest BCUT2D eigenvalue weighted by atomic mass is 16.5. The van der Waals surface area contributed by atoms with Gasteiger partial charge in [-0.1, -0.05) is 103 Å². The molecule has 5 atom stereocenters. The number of benzene rings is 1. The number of guanidine groups is 1. The van der Waals surface area contributed by atoms with E-state index in [1.54, 1.807) is 12.1 Å². The minimum absolute atomic E-state index is 0.0194. The molecule has 101 heavy (non-hydrogen) atoms. The number of ketones is 3. The minimum atomic E-state index is -1.40. The van der Waals surface area contributed by atoms with Crippen LogP contribution in [0, 0.1) is 11.8 Å². The molecule has 31 nitrogen and oxygen atoms in total. The Labute approximate surface area is 594 Å². The molecule has 0 spiro atoms. The number of hydrogen-bond acceptors (Lipinski definition) is 20. The Morgan fingerprint density at radius 3 is 1.51 bits per heavy atom. The fourth-order valence-electron chi connectivity index (χ4n) is 10.6. The van der Waals surface area contributed by atoms with E-state index in [1.165, 1.54) is 37.8 Å². The summed E-state index contributed by atoms with van der Waals surface area (Å²) >= 11 is 0. The minimum Gasteiger partial charge on any atom is -0.508 e. The van der Waals surface area contributed by atoms with Crippen molar-refractivity contribution in [2.75, 3.05) is 92.1 Å². The third-order valence-corrected chi connectivity index (χ3v) is 16.1. The Morgan fingerprint density at radius 2 is 0.980 bits per heavy atom. The molecule has 6 amide bonds. The van der Waals surface area contributed by atoms with Crippen molar-refractivity contribution in [3.63, 3.8) is 0 Å². The van der Waals surface area contributed by atoms with Crippen LogP contribution >= 0.6 is 0 Å². The number of phenolic OH excluding ortho intramolecular Hbond substituents is 1. The number of ether oxygens (including phenoxy) is 4. The fourth-order valence-corrected chi connectivity index (χ4v) is 10.6. The second kappa shape index (κ2) is 58.9. The largest absolute Gasteiger partial charge is 0.508 e. The van der Waals surface area contributed by atoms with Gasteiger partial charge >= 0.3 is 17.9 Å². The molecular weight excluding hydrogens is 1310 g/mol. The van der Waals surface area contributed by atoms with Gasteiger partial charge in [0.15, 0.2) is 11.7 Å². The predicted octanol–water partition coefficient (Wildman–Crippen LogP) is 3.15. The topological polar surface area (TPSA) is 497 Å². The lowest BCUT2D eigenvalue weighted by Crippen LogP contribution is -2.49. The molecule has 574 valence electrons. The van der Waals surface area contributed by atoms with Crippen molar-refractivity contribution in [1.82, 2.24) is 37.2 Å². The molecule has 0 aliphatic carbocycles. The predicted molar refractivity (Wildman–Crippen MR) is 377 cm³/mol. The summed E-state index contributed by atoms with van der Waals surface area (Å²) in [4.78, 5) is 153. The third kappa shape index (κ3) is 53.8. The highest BCUT2D eigenvalue weighted by molar-refractivity contribution is 5.89. The van der Waals surface area contributed by atoms with E-state index in [-0.39, 0.29) is 184 Å². The van der Waals surface area contributed by atoms with Gasteiger partial charge < -0.3 is 93.8 Å². The lowest BCUT2D eigenvalue weighted by atomic mass is 9.94. The summed E-state index contributed by atoms with van der Waals surface area (Å²) in [5.74, 6) is -8.02. The number of aliphatic carboxylic acids is 3. The zero-order chi connectivity index (χ0) is 74.8. The number of carbonyl (C=O) groups is 12. The summed E-state index contributed by atoms with van der Waals surface area (Å²) in [5, 5.41) is 57.0. The molecule has 0 aliphatic heterocycles. The Morgan fingerprint density at radius 1 is 0.455 bits per heavy atom. The van der Waals surface area contributed by atoms with Crippen LogP contribution in [0.5, 0.6) is 5.75 Å². The summed E-state index contributed by atoms with van der Waals surface area (Å²) in [7, 11) is 0. The van der Waals surface area contributed by atoms with Crippen LogP contribution < -0.4 is 54.4 Å². The van der Waals surface area contributed by atoms with Crippen LogP contribution in [0.1, 0.15) is 199 Å². The molecule has 0 unspecified atom stereocenters. The number of unbranched alkanes of at least 4 members (excludes halogenated alkanes) is 14. The Bertz CT molecular complexity index is 2610. The Kier molecular flexibility index (Phi) is 53.2. The summed E-state index contributed by atoms with van der Waals surface area (Å²) in [6.07, 6.45) is 16.4. The van der Waals surface area contributed by atoms with Crippen LogP contribution in [0.4, 0.5) is 0 Å². The maximum Gasteiger partial charge on any atom is 0.326 e. The number of amides is 6. The number of carboxylic acid groups (broad SMARTS) is 3. The van der Waals surface area contributed by atoms with E-state index in [1.807, 2.05) is 13.8 Å². The van der Waals surface area contributed by atoms with Crippen LogP contribution in [0.3, 0.4) is 0 Å². The number of rotatable bonds is 68. The number of nitrogens with one attached hydrogen (secondary N) is 7. The SMILES string of the molecule is CC(C)CC(=O)CN[C@@H](CCCCNC(=O)COCCOCCNC(=O)COCCOCCNC(=O)CC[C@H](NC(=O)CC[C@H](CC(=O)CCCCCCCCCCCCCCCCC(=O)O)C(=O)O)C(=O)O)C(=O)CN[C@@H](CCCN=C(N)N)CC(=O)N[C@@H](Cc1ccc(O)cc1)C(N)=O. The van der Waals surface area contributed by atoms with E-state index in [4.69, 9.17) is 41.3 Å². The van der Waals surface area contributed by atoms with E-state index in [2.05, 4.69) is 42.2 Å². The molecule has 1 aromatic carbocycles. The number of aromatic hydroxyl groups is 1. The van der Waals surface area contributed by atoms with Crippen LogP contribution in [-0.2, 0) is 82.9 Å². The van der Waals surface area contributed by atoms with Gasteiger partial charge in [0.25, 0.3) is 0 Å². The van der Waals surface area contributed by atoms with E-state index < -0.39 is 77.5 Å². The number of phenols is 1. The molecule has 0 heterocycles. The lowest BCUT2D eigenvalue weighted by Gasteiger charge is -2.23. The molecule has 0 bridgehead atoms. The number of aliphatic imine (C=N–C) groups is 1. The van der Waals surface area contributed by atoms with Crippen molar-refractivity contribution >= 4 is 76.7 Å². The average Bonchev–Trinajstić information content (AvgIpc) is 0.934. The number of nitrogens with zero attached hydrogens (tertiary/aromatic N) is 1. The maximum atomic E-state index is 13.7. The Balaban J connectivity index is 2.26. The van der Waals surface area contributed by atoms with Gasteiger partial charge in [0.2, 0.25) is 35.4 Å². The number of primary amides is 1. The summed E-state index contributed by atoms with van der Waals surface area (Å²) in [5.41, 5.74) is 17.2. The van der Waals surface area contributed by atoms with Crippen molar-refractivity contribution in [2.24, 2.45) is 34.0 Å². The standard InChI is InChI=1S/C70H119N11O20/c1-50(2)42-56(84)46-79-57(60(85)47-78-53(20-19-33-77-70(72)73)45-63(88)81-59(67(71)93)43-51-24-27-54(82)28-25-51)22-17-18-32-74-64(89)48-100-40-39-99-37-35-76-65(90)49-101-41-38-98-36-34-75-61(86)31-29-58(69(96)97)80-62(87)30-26-52(68(94)95)44-55(83)21-15-13-11-9-7-5-3-4-6-8-10-12-14-16-23-66(91)92/h24-25,27-28,50,52-53,57-59,78-79,82H,3-23,26,29-49H2,1-2H3,(H2,71,93)(H,74,89)(H,75,86)(H,76,90)(H,80,87)(H,81,88)(H,91,92)(H,94,95)(H,96,97)(H4,72,73,77)/t52-,53+,57+,58+,59+/m1/s1. The second-order valence-electron chi connectivity index (χ2n) is 25.7. The molecule has 0 aromatic heterocycles. The average molecular weight is 1430 g/mol. The van der Waals surface area contributed by atoms with Gasteiger partial charge in [0.1, 0.15) is 42.6 Å². The zero-order valence-electron chi connectivity index (χ0n) is 59.7. The van der Waals surface area contributed by atoms with Crippen molar-refractivity contribution in [3.05, 3.63) is 29.8 Å². The first-order valence-corrected chi connectivity index (χ1v) is 35.9. The Hall–Kier alpha value is -7.71. The van der Waals surface area contributed by atoms with Crippen molar-refractivity contribution in [3.8, 4) is 5.75 Å². The normalized spacial score (nSPS) is 12.7. The van der Waals surface area contributed by atoms with E-state index in [9.17, 15) is 72.9 Å². The molecule has 17 N–H and O–H groups in total. The summed E-state index contributed by atoms with van der Waals surface area (Å²) < 4.78 is 21.6. The van der Waals surface area contributed by atoms with Gasteiger partial charge in [0.05, 0.1) is 64.7 Å². The molecule has 31 heteroatoms. The van der Waals surface area contributed by atoms with Crippen LogP contribution in [0.25, 0.3) is 0 Å². The molecule has 0 aliphatic rings. The molecule has 1 rings (SSSR count). The van der Waals surface area contributed by atoms with Crippen LogP contribution in [0.2, 0.25) is 0 Å². The number of carboxylic acids is 3. The van der Waals surface area contributed by atoms with E-state index in [0.717, 1.165) is 57.8 Å². The zero-order valence-corrected chi connectivity index (χ0v) is 59.7. The fraction of sp³-hybridized carbons (Fsp3) is 0.729. The molecule has 0 saturated carbocycles. The maximum absolute atomic E-state index is 13.7. The first kappa shape index (κ1) is 91.3.